The number of hydrogen-bond acceptors (Lipinski definition) is 2. The minimum Gasteiger partial charge on any atom is -0.309 e. The highest BCUT2D eigenvalue weighted by Gasteiger charge is 2.30. The molecule has 1 aromatic heterocycles. The molecular formula is C18H30N2. The van der Waals surface area contributed by atoms with Gasteiger partial charge in [0, 0.05) is 6.20 Å². The van der Waals surface area contributed by atoms with E-state index in [0.717, 1.165) is 24.8 Å². The van der Waals surface area contributed by atoms with Gasteiger partial charge in [-0.3, -0.25) is 4.98 Å². The SMILES string of the molecule is CCNC(c1ncccc1CC)C1CCCC(CC)C1. The van der Waals surface area contributed by atoms with E-state index in [1.54, 1.807) is 0 Å². The molecule has 1 saturated carbocycles. The van der Waals surface area contributed by atoms with Gasteiger partial charge >= 0.3 is 0 Å². The Labute approximate surface area is 124 Å². The Kier molecular flexibility index (Phi) is 6.03. The Hall–Kier alpha value is -0.890. The largest absolute Gasteiger partial charge is 0.309 e. The number of pyridine rings is 1. The van der Waals surface area contributed by atoms with E-state index in [4.69, 9.17) is 4.98 Å². The highest BCUT2D eigenvalue weighted by Crippen LogP contribution is 2.38. The summed E-state index contributed by atoms with van der Waals surface area (Å²) in [7, 11) is 0. The summed E-state index contributed by atoms with van der Waals surface area (Å²) in [5.74, 6) is 1.68. The maximum absolute atomic E-state index is 4.73. The van der Waals surface area contributed by atoms with Gasteiger partial charge in [-0.1, -0.05) is 46.1 Å². The Bertz CT molecular complexity index is 402. The first-order valence-electron chi connectivity index (χ1n) is 8.47. The van der Waals surface area contributed by atoms with Gasteiger partial charge in [0.15, 0.2) is 0 Å². The normalized spacial score (nSPS) is 24.6. The summed E-state index contributed by atoms with van der Waals surface area (Å²) in [6.45, 7) is 7.81. The first-order chi connectivity index (χ1) is 9.80. The molecule has 0 spiro atoms. The average molecular weight is 274 g/mol. The van der Waals surface area contributed by atoms with E-state index >= 15 is 0 Å². The fraction of sp³-hybridized carbons (Fsp3) is 0.722. The minimum atomic E-state index is 0.450. The quantitative estimate of drug-likeness (QED) is 0.825. The molecule has 0 radical (unpaired) electrons. The average Bonchev–Trinajstić information content (AvgIpc) is 2.52. The lowest BCUT2D eigenvalue weighted by atomic mass is 9.75. The van der Waals surface area contributed by atoms with Gasteiger partial charge in [-0.05, 0) is 49.3 Å². The van der Waals surface area contributed by atoms with Crippen LogP contribution < -0.4 is 5.32 Å². The molecule has 0 bridgehead atoms. The summed E-state index contributed by atoms with van der Waals surface area (Å²) >= 11 is 0. The van der Waals surface area contributed by atoms with Crippen molar-refractivity contribution in [2.24, 2.45) is 11.8 Å². The predicted octanol–water partition coefficient (Wildman–Crippen LogP) is 4.51. The van der Waals surface area contributed by atoms with Crippen molar-refractivity contribution in [1.82, 2.24) is 10.3 Å². The third-order valence-corrected chi connectivity index (χ3v) is 4.90. The van der Waals surface area contributed by atoms with Crippen molar-refractivity contribution in [3.8, 4) is 0 Å². The molecule has 0 aromatic carbocycles. The van der Waals surface area contributed by atoms with E-state index in [2.05, 4.69) is 38.2 Å². The molecule has 1 heterocycles. The number of hydrogen-bond donors (Lipinski definition) is 1. The van der Waals surface area contributed by atoms with Crippen LogP contribution in [0, 0.1) is 11.8 Å². The van der Waals surface area contributed by atoms with E-state index in [1.807, 2.05) is 6.20 Å². The summed E-state index contributed by atoms with van der Waals surface area (Å²) in [6, 6.07) is 4.76. The second kappa shape index (κ2) is 7.78. The van der Waals surface area contributed by atoms with Crippen molar-refractivity contribution in [3.63, 3.8) is 0 Å². The van der Waals surface area contributed by atoms with Crippen molar-refractivity contribution in [1.29, 1.82) is 0 Å². The molecule has 1 aliphatic rings. The summed E-state index contributed by atoms with van der Waals surface area (Å²) in [4.78, 5) is 4.73. The minimum absolute atomic E-state index is 0.450. The van der Waals surface area contributed by atoms with E-state index in [0.29, 0.717) is 6.04 Å². The van der Waals surface area contributed by atoms with Gasteiger partial charge in [0.2, 0.25) is 0 Å². The number of aryl methyl sites for hydroxylation is 1. The lowest BCUT2D eigenvalue weighted by Crippen LogP contribution is -2.33. The molecule has 3 atom stereocenters. The first kappa shape index (κ1) is 15.5. The van der Waals surface area contributed by atoms with Crippen LogP contribution in [-0.4, -0.2) is 11.5 Å². The fourth-order valence-corrected chi connectivity index (χ4v) is 3.74. The molecule has 2 rings (SSSR count). The molecule has 112 valence electrons. The van der Waals surface area contributed by atoms with Crippen LogP contribution in [0.25, 0.3) is 0 Å². The first-order valence-corrected chi connectivity index (χ1v) is 8.47. The van der Waals surface area contributed by atoms with E-state index in [1.165, 1.54) is 43.4 Å². The highest BCUT2D eigenvalue weighted by atomic mass is 14.9. The second-order valence-electron chi connectivity index (χ2n) is 6.14. The second-order valence-corrected chi connectivity index (χ2v) is 6.14. The Morgan fingerprint density at radius 3 is 2.85 bits per heavy atom. The smallest absolute Gasteiger partial charge is 0.0607 e. The summed E-state index contributed by atoms with van der Waals surface area (Å²) < 4.78 is 0. The molecule has 0 amide bonds. The maximum atomic E-state index is 4.73. The van der Waals surface area contributed by atoms with E-state index in [9.17, 15) is 0 Å². The lowest BCUT2D eigenvalue weighted by molar-refractivity contribution is 0.208. The number of nitrogens with one attached hydrogen (secondary N) is 1. The fourth-order valence-electron chi connectivity index (χ4n) is 3.74. The van der Waals surface area contributed by atoms with Crippen LogP contribution in [0.5, 0.6) is 0 Å². The van der Waals surface area contributed by atoms with Crippen molar-refractivity contribution in [2.45, 2.75) is 65.3 Å². The van der Waals surface area contributed by atoms with Crippen LogP contribution in [-0.2, 0) is 6.42 Å². The van der Waals surface area contributed by atoms with Crippen molar-refractivity contribution in [2.75, 3.05) is 6.54 Å². The molecule has 1 aromatic rings. The lowest BCUT2D eigenvalue weighted by Gasteiger charge is -2.35. The number of nitrogens with zero attached hydrogens (tertiary/aromatic N) is 1. The molecule has 0 aliphatic heterocycles. The van der Waals surface area contributed by atoms with Crippen molar-refractivity contribution < 1.29 is 0 Å². The van der Waals surface area contributed by atoms with Crippen LogP contribution in [0.15, 0.2) is 18.3 Å². The molecule has 3 unspecified atom stereocenters. The zero-order valence-electron chi connectivity index (χ0n) is 13.4. The predicted molar refractivity (Wildman–Crippen MR) is 85.8 cm³/mol. The third kappa shape index (κ3) is 3.60. The van der Waals surface area contributed by atoms with Crippen LogP contribution in [0.1, 0.15) is 70.2 Å². The number of rotatable bonds is 6. The zero-order valence-corrected chi connectivity index (χ0v) is 13.4. The van der Waals surface area contributed by atoms with Crippen LogP contribution in [0.4, 0.5) is 0 Å². The Balaban J connectivity index is 2.21. The zero-order chi connectivity index (χ0) is 14.4. The molecule has 20 heavy (non-hydrogen) atoms. The number of aromatic nitrogens is 1. The molecule has 2 nitrogen and oxygen atoms in total. The van der Waals surface area contributed by atoms with Crippen LogP contribution in [0.2, 0.25) is 0 Å². The van der Waals surface area contributed by atoms with Crippen molar-refractivity contribution >= 4 is 0 Å². The van der Waals surface area contributed by atoms with Gasteiger partial charge < -0.3 is 5.32 Å². The summed E-state index contributed by atoms with van der Waals surface area (Å²) in [6.07, 6.45) is 9.90. The highest BCUT2D eigenvalue weighted by molar-refractivity contribution is 5.23. The van der Waals surface area contributed by atoms with Crippen molar-refractivity contribution in [3.05, 3.63) is 29.6 Å². The Morgan fingerprint density at radius 1 is 1.30 bits per heavy atom. The van der Waals surface area contributed by atoms with Gasteiger partial charge in [0.05, 0.1) is 11.7 Å². The van der Waals surface area contributed by atoms with Gasteiger partial charge in [-0.25, -0.2) is 0 Å². The van der Waals surface area contributed by atoms with E-state index < -0.39 is 0 Å². The van der Waals surface area contributed by atoms with Gasteiger partial charge in [-0.2, -0.15) is 0 Å². The topological polar surface area (TPSA) is 24.9 Å². The van der Waals surface area contributed by atoms with Crippen LogP contribution >= 0.6 is 0 Å². The molecule has 2 heteroatoms. The molecule has 0 saturated heterocycles. The maximum Gasteiger partial charge on any atom is 0.0607 e. The monoisotopic (exact) mass is 274 g/mol. The van der Waals surface area contributed by atoms with Gasteiger partial charge in [0.25, 0.3) is 0 Å². The summed E-state index contributed by atoms with van der Waals surface area (Å²) in [5, 5.41) is 3.73. The van der Waals surface area contributed by atoms with Gasteiger partial charge in [-0.15, -0.1) is 0 Å². The van der Waals surface area contributed by atoms with Gasteiger partial charge in [0.1, 0.15) is 0 Å². The molecule has 1 N–H and O–H groups in total. The standard InChI is InChI=1S/C18H30N2/c1-4-14-9-7-10-16(13-14)18(19-6-3)17-15(5-2)11-8-12-20-17/h8,11-12,14,16,18-19H,4-7,9-10,13H2,1-3H3. The molecular weight excluding hydrogens is 244 g/mol. The summed E-state index contributed by atoms with van der Waals surface area (Å²) in [5.41, 5.74) is 2.72. The molecule has 1 aliphatic carbocycles. The third-order valence-electron chi connectivity index (χ3n) is 4.90. The van der Waals surface area contributed by atoms with Crippen LogP contribution in [0.3, 0.4) is 0 Å². The Morgan fingerprint density at radius 2 is 2.15 bits per heavy atom. The molecule has 1 fully saturated rings. The van der Waals surface area contributed by atoms with E-state index in [-0.39, 0.29) is 0 Å².